The van der Waals surface area contributed by atoms with Crippen molar-refractivity contribution in [3.63, 3.8) is 0 Å². The topological polar surface area (TPSA) is 78.9 Å². The molecule has 1 fully saturated rings. The Morgan fingerprint density at radius 3 is 2.11 bits per heavy atom. The highest BCUT2D eigenvalue weighted by atomic mass is 32.2. The van der Waals surface area contributed by atoms with Gasteiger partial charge in [0.15, 0.2) is 6.61 Å². The van der Waals surface area contributed by atoms with Crippen LogP contribution in [0, 0.1) is 0 Å². The number of hydrogen-bond donors (Lipinski definition) is 1. The number of hydrogen-bond acceptors (Lipinski definition) is 5. The van der Waals surface area contributed by atoms with Crippen LogP contribution in [0.5, 0.6) is 5.75 Å². The van der Waals surface area contributed by atoms with E-state index >= 15 is 0 Å². The second kappa shape index (κ2) is 11.5. The van der Waals surface area contributed by atoms with E-state index in [0.29, 0.717) is 18.8 Å². The molecular weight excluding hydrogens is 462 g/mol. The van der Waals surface area contributed by atoms with E-state index in [2.05, 4.69) is 21.8 Å². The van der Waals surface area contributed by atoms with Crippen LogP contribution in [0.2, 0.25) is 0 Å². The number of carbonyl (C=O) groups excluding carboxylic acids is 1. The van der Waals surface area contributed by atoms with Crippen molar-refractivity contribution in [1.29, 1.82) is 0 Å². The van der Waals surface area contributed by atoms with Gasteiger partial charge in [-0.15, -0.1) is 0 Å². The molecule has 0 unspecified atom stereocenters. The van der Waals surface area contributed by atoms with Crippen molar-refractivity contribution in [2.45, 2.75) is 24.4 Å². The van der Waals surface area contributed by atoms with Crippen molar-refractivity contribution in [3.8, 4) is 5.75 Å². The fourth-order valence-corrected chi connectivity index (χ4v) is 5.29. The van der Waals surface area contributed by atoms with Crippen LogP contribution in [-0.2, 0) is 21.4 Å². The lowest BCUT2D eigenvalue weighted by atomic mass is 10.1. The maximum absolute atomic E-state index is 12.7. The Kier molecular flexibility index (Phi) is 8.17. The zero-order valence-electron chi connectivity index (χ0n) is 19.8. The molecule has 0 radical (unpaired) electrons. The molecule has 35 heavy (non-hydrogen) atoms. The van der Waals surface area contributed by atoms with E-state index in [4.69, 9.17) is 4.74 Å². The molecule has 3 aromatic rings. The number of carbonyl (C=O) groups is 1. The van der Waals surface area contributed by atoms with Gasteiger partial charge in [-0.3, -0.25) is 9.69 Å². The van der Waals surface area contributed by atoms with E-state index in [1.54, 1.807) is 19.1 Å². The maximum atomic E-state index is 12.7. The lowest BCUT2D eigenvalue weighted by molar-refractivity contribution is -0.135. The first-order valence-corrected chi connectivity index (χ1v) is 13.2. The highest BCUT2D eigenvalue weighted by molar-refractivity contribution is 7.89. The van der Waals surface area contributed by atoms with E-state index in [-0.39, 0.29) is 23.5 Å². The standard InChI is InChI=1S/C27H31N3O4S/c1-22(24-10-6-3-7-11-24)28-35(32,33)26-14-12-25(13-15-26)34-21-27(31)30-18-16-29(17-19-30)20-23-8-4-2-5-9-23/h2-15,22,28H,16-21H2,1H3/t22-/m1/s1. The zero-order valence-corrected chi connectivity index (χ0v) is 20.7. The third kappa shape index (κ3) is 6.91. The predicted octanol–water partition coefficient (Wildman–Crippen LogP) is 3.45. The van der Waals surface area contributed by atoms with Crippen LogP contribution in [0.3, 0.4) is 0 Å². The summed E-state index contributed by atoms with van der Waals surface area (Å²) in [7, 11) is -3.69. The highest BCUT2D eigenvalue weighted by Gasteiger charge is 2.22. The monoisotopic (exact) mass is 493 g/mol. The van der Waals surface area contributed by atoms with Gasteiger partial charge in [-0.2, -0.15) is 0 Å². The Hall–Kier alpha value is -3.20. The molecule has 0 aliphatic carbocycles. The quantitative estimate of drug-likeness (QED) is 0.494. The van der Waals surface area contributed by atoms with Crippen LogP contribution in [0.15, 0.2) is 89.8 Å². The summed E-state index contributed by atoms with van der Waals surface area (Å²) in [5.41, 5.74) is 2.15. The molecule has 4 rings (SSSR count). The van der Waals surface area contributed by atoms with E-state index in [9.17, 15) is 13.2 Å². The van der Waals surface area contributed by atoms with Gasteiger partial charge in [-0.05, 0) is 42.3 Å². The summed E-state index contributed by atoms with van der Waals surface area (Å²) in [5, 5.41) is 0. The lowest BCUT2D eigenvalue weighted by Gasteiger charge is -2.34. The number of benzene rings is 3. The summed E-state index contributed by atoms with van der Waals surface area (Å²) in [5.74, 6) is 0.385. The average Bonchev–Trinajstić information content (AvgIpc) is 2.89. The molecule has 1 N–H and O–H groups in total. The second-order valence-corrected chi connectivity index (χ2v) is 10.4. The molecule has 1 amide bonds. The van der Waals surface area contributed by atoms with Crippen molar-refractivity contribution < 1.29 is 17.9 Å². The zero-order chi connectivity index (χ0) is 24.7. The molecule has 0 saturated carbocycles. The van der Waals surface area contributed by atoms with Crippen molar-refractivity contribution in [2.75, 3.05) is 32.8 Å². The van der Waals surface area contributed by atoms with Crippen molar-refractivity contribution >= 4 is 15.9 Å². The molecule has 8 heteroatoms. The fraction of sp³-hybridized carbons (Fsp3) is 0.296. The Morgan fingerprint density at radius 2 is 1.49 bits per heavy atom. The summed E-state index contributed by atoms with van der Waals surface area (Å²) >= 11 is 0. The normalized spacial score (nSPS) is 15.5. The fourth-order valence-electron chi connectivity index (χ4n) is 4.06. The Morgan fingerprint density at radius 1 is 0.886 bits per heavy atom. The van der Waals surface area contributed by atoms with E-state index in [0.717, 1.165) is 25.2 Å². The average molecular weight is 494 g/mol. The third-order valence-electron chi connectivity index (χ3n) is 6.10. The molecular formula is C27H31N3O4S. The summed E-state index contributed by atoms with van der Waals surface area (Å²) in [6.45, 7) is 5.58. The number of sulfonamides is 1. The Labute approximate surface area is 207 Å². The second-order valence-electron chi connectivity index (χ2n) is 8.66. The van der Waals surface area contributed by atoms with Gasteiger partial charge in [-0.25, -0.2) is 13.1 Å². The maximum Gasteiger partial charge on any atom is 0.260 e. The number of nitrogens with zero attached hydrogens (tertiary/aromatic N) is 2. The van der Waals surface area contributed by atoms with Gasteiger partial charge in [0.1, 0.15) is 5.75 Å². The molecule has 0 aromatic heterocycles. The predicted molar refractivity (Wildman–Crippen MR) is 135 cm³/mol. The van der Waals surface area contributed by atoms with Gasteiger partial charge in [0.2, 0.25) is 10.0 Å². The molecule has 184 valence electrons. The number of ether oxygens (including phenoxy) is 1. The SMILES string of the molecule is C[C@@H](NS(=O)(=O)c1ccc(OCC(=O)N2CCN(Cc3ccccc3)CC2)cc1)c1ccccc1. The van der Waals surface area contributed by atoms with Gasteiger partial charge in [0.25, 0.3) is 5.91 Å². The molecule has 1 heterocycles. The summed E-state index contributed by atoms with van der Waals surface area (Å²) in [6, 6.07) is 25.5. The van der Waals surface area contributed by atoms with Crippen LogP contribution in [0.4, 0.5) is 0 Å². The van der Waals surface area contributed by atoms with Crippen LogP contribution in [0.1, 0.15) is 24.1 Å². The van der Waals surface area contributed by atoms with Gasteiger partial charge in [-0.1, -0.05) is 60.7 Å². The smallest absolute Gasteiger partial charge is 0.260 e. The molecule has 1 aliphatic heterocycles. The van der Waals surface area contributed by atoms with Gasteiger partial charge in [0.05, 0.1) is 4.90 Å². The first-order chi connectivity index (χ1) is 16.9. The first-order valence-electron chi connectivity index (χ1n) is 11.7. The van der Waals surface area contributed by atoms with Crippen molar-refractivity contribution in [3.05, 3.63) is 96.1 Å². The van der Waals surface area contributed by atoms with E-state index in [1.165, 1.54) is 17.7 Å². The molecule has 0 spiro atoms. The molecule has 0 bridgehead atoms. The van der Waals surface area contributed by atoms with Crippen LogP contribution >= 0.6 is 0 Å². The van der Waals surface area contributed by atoms with E-state index in [1.807, 2.05) is 53.4 Å². The van der Waals surface area contributed by atoms with Crippen molar-refractivity contribution in [2.24, 2.45) is 0 Å². The van der Waals surface area contributed by atoms with E-state index < -0.39 is 10.0 Å². The summed E-state index contributed by atoms with van der Waals surface area (Å²) in [6.07, 6.45) is 0. The molecule has 3 aromatic carbocycles. The number of amides is 1. The number of rotatable bonds is 9. The molecule has 1 saturated heterocycles. The highest BCUT2D eigenvalue weighted by Crippen LogP contribution is 2.20. The third-order valence-corrected chi connectivity index (χ3v) is 7.66. The van der Waals surface area contributed by atoms with Crippen LogP contribution in [0.25, 0.3) is 0 Å². The van der Waals surface area contributed by atoms with Gasteiger partial charge in [0, 0.05) is 38.8 Å². The Bertz CT molecular complexity index is 1190. The molecule has 7 nitrogen and oxygen atoms in total. The van der Waals surface area contributed by atoms with Crippen LogP contribution in [-0.4, -0.2) is 56.9 Å². The van der Waals surface area contributed by atoms with Crippen molar-refractivity contribution in [1.82, 2.24) is 14.5 Å². The van der Waals surface area contributed by atoms with Gasteiger partial charge >= 0.3 is 0 Å². The largest absolute Gasteiger partial charge is 0.484 e. The number of piperazine rings is 1. The summed E-state index contributed by atoms with van der Waals surface area (Å²) in [4.78, 5) is 16.9. The minimum Gasteiger partial charge on any atom is -0.484 e. The molecule has 1 atom stereocenters. The Balaban J connectivity index is 1.24. The minimum absolute atomic E-state index is 0.0700. The summed E-state index contributed by atoms with van der Waals surface area (Å²) < 4.78 is 33.8. The van der Waals surface area contributed by atoms with Crippen LogP contribution < -0.4 is 9.46 Å². The lowest BCUT2D eigenvalue weighted by Crippen LogP contribution is -2.49. The molecule has 1 aliphatic rings. The number of nitrogens with one attached hydrogen (secondary N) is 1. The minimum atomic E-state index is -3.69. The first kappa shape index (κ1) is 24.9. The van der Waals surface area contributed by atoms with Gasteiger partial charge < -0.3 is 9.64 Å².